The van der Waals surface area contributed by atoms with Crippen LogP contribution in [0, 0.1) is 0 Å². The molecule has 4 rings (SSSR count). The fraction of sp³-hybridized carbons (Fsp3) is 0.600. The van der Waals surface area contributed by atoms with Crippen LogP contribution in [-0.4, -0.2) is 74.9 Å². The van der Waals surface area contributed by atoms with E-state index in [1.807, 2.05) is 42.2 Å². The molecule has 0 aromatic heterocycles. The molecule has 0 aliphatic carbocycles. The predicted octanol–water partition coefficient (Wildman–Crippen LogP) is 0.556. The molecule has 3 aliphatic heterocycles. The summed E-state index contributed by atoms with van der Waals surface area (Å²) in [5.74, 6) is -0.155. The fourth-order valence-corrected chi connectivity index (χ4v) is 5.72. The first kappa shape index (κ1) is 19.7. The second-order valence-corrected chi connectivity index (χ2v) is 9.29. The van der Waals surface area contributed by atoms with Crippen LogP contribution in [0.5, 0.6) is 0 Å². The molecule has 3 heterocycles. The summed E-state index contributed by atoms with van der Waals surface area (Å²) in [6.07, 6.45) is 1.14. The third-order valence-electron chi connectivity index (χ3n) is 6.02. The highest BCUT2D eigenvalue weighted by Gasteiger charge is 2.65. The van der Waals surface area contributed by atoms with Gasteiger partial charge in [0.2, 0.25) is 5.91 Å². The van der Waals surface area contributed by atoms with E-state index in [0.29, 0.717) is 18.8 Å². The number of carbonyl (C=O) groups excluding carboxylic acids is 2. The van der Waals surface area contributed by atoms with Gasteiger partial charge in [-0.15, -0.1) is 11.8 Å². The number of aliphatic hydroxyl groups excluding tert-OH is 1. The van der Waals surface area contributed by atoms with E-state index in [1.54, 1.807) is 11.8 Å². The maximum Gasteiger partial charge on any atom is 0.254 e. The van der Waals surface area contributed by atoms with Crippen molar-refractivity contribution in [2.24, 2.45) is 5.73 Å². The van der Waals surface area contributed by atoms with E-state index < -0.39 is 29.0 Å². The lowest BCUT2D eigenvalue weighted by Crippen LogP contribution is -2.74. The van der Waals surface area contributed by atoms with E-state index in [0.717, 1.165) is 25.0 Å². The minimum Gasteiger partial charge on any atom is -0.382 e. The molecule has 2 unspecified atom stereocenters. The highest BCUT2D eigenvalue weighted by molar-refractivity contribution is 8.01. The van der Waals surface area contributed by atoms with Gasteiger partial charge in [0.25, 0.3) is 5.91 Å². The number of rotatable bonds is 6. The summed E-state index contributed by atoms with van der Waals surface area (Å²) in [4.78, 5) is 28.5. The Labute approximate surface area is 169 Å². The van der Waals surface area contributed by atoms with Gasteiger partial charge in [0, 0.05) is 19.2 Å². The van der Waals surface area contributed by atoms with Gasteiger partial charge < -0.3 is 25.4 Å². The number of likely N-dealkylation sites (tertiary alicyclic amines) is 1. The minimum absolute atomic E-state index is 0.0693. The summed E-state index contributed by atoms with van der Waals surface area (Å²) in [5.41, 5.74) is 7.07. The number of hydrogen-bond acceptors (Lipinski definition) is 6. The fourth-order valence-electron chi connectivity index (χ4n) is 4.34. The molecular formula is C20H27N3O4S. The van der Waals surface area contributed by atoms with Crippen molar-refractivity contribution in [2.75, 3.05) is 19.0 Å². The van der Waals surface area contributed by atoms with Crippen LogP contribution in [-0.2, 0) is 20.7 Å². The molecule has 3 N–H and O–H groups in total. The number of nitrogens with two attached hydrogens (primary N) is 1. The van der Waals surface area contributed by atoms with Gasteiger partial charge in [-0.2, -0.15) is 0 Å². The van der Waals surface area contributed by atoms with Crippen LogP contribution in [0.2, 0.25) is 0 Å². The van der Waals surface area contributed by atoms with E-state index in [1.165, 1.54) is 4.90 Å². The molecule has 3 saturated heterocycles. The van der Waals surface area contributed by atoms with Crippen LogP contribution in [0.25, 0.3) is 0 Å². The third kappa shape index (κ3) is 3.32. The molecule has 5 atom stereocenters. The standard InChI is InChI=1S/C20H27N3O4S/c1-20-17(19(26)23(20)11-14-8-5-9-27-14)22(12-28-20)18(25)16(24)15(21)10-13-6-3-2-4-7-13/h2-4,6-7,14-17,24H,5,8-12,21H2,1H3/t14?,15-,16-,17+,20?/m0/s1. The van der Waals surface area contributed by atoms with Crippen molar-refractivity contribution in [3.05, 3.63) is 35.9 Å². The molecule has 8 heteroatoms. The van der Waals surface area contributed by atoms with E-state index >= 15 is 0 Å². The monoisotopic (exact) mass is 405 g/mol. The summed E-state index contributed by atoms with van der Waals surface area (Å²) in [5, 5.41) is 10.5. The van der Waals surface area contributed by atoms with Gasteiger partial charge in [0.05, 0.1) is 12.0 Å². The first-order valence-electron chi connectivity index (χ1n) is 9.77. The highest BCUT2D eigenvalue weighted by Crippen LogP contribution is 2.50. The number of benzene rings is 1. The van der Waals surface area contributed by atoms with Crippen molar-refractivity contribution in [3.8, 4) is 0 Å². The van der Waals surface area contributed by atoms with E-state index in [9.17, 15) is 14.7 Å². The van der Waals surface area contributed by atoms with Gasteiger partial charge in [0.1, 0.15) is 17.0 Å². The zero-order valence-corrected chi connectivity index (χ0v) is 16.8. The summed E-state index contributed by atoms with van der Waals surface area (Å²) >= 11 is 1.56. The van der Waals surface area contributed by atoms with Crippen molar-refractivity contribution in [3.63, 3.8) is 0 Å². The Bertz CT molecular complexity index is 742. The van der Waals surface area contributed by atoms with Crippen molar-refractivity contribution in [1.29, 1.82) is 0 Å². The summed E-state index contributed by atoms with van der Waals surface area (Å²) < 4.78 is 5.66. The predicted molar refractivity (Wildman–Crippen MR) is 106 cm³/mol. The smallest absolute Gasteiger partial charge is 0.254 e. The van der Waals surface area contributed by atoms with Crippen LogP contribution in [0.4, 0.5) is 0 Å². The number of aliphatic hydroxyl groups is 1. The molecule has 3 fully saturated rings. The maximum absolute atomic E-state index is 12.9. The van der Waals surface area contributed by atoms with Gasteiger partial charge >= 0.3 is 0 Å². The molecule has 0 bridgehead atoms. The third-order valence-corrected chi connectivity index (χ3v) is 7.45. The van der Waals surface area contributed by atoms with Crippen molar-refractivity contribution in [1.82, 2.24) is 9.80 Å². The van der Waals surface area contributed by atoms with Crippen LogP contribution >= 0.6 is 11.8 Å². The number of β-lactam (4-membered cyclic amide) rings is 1. The molecule has 0 saturated carbocycles. The topological polar surface area (TPSA) is 96.1 Å². The first-order chi connectivity index (χ1) is 13.4. The molecule has 2 amide bonds. The van der Waals surface area contributed by atoms with Crippen LogP contribution < -0.4 is 5.73 Å². The SMILES string of the molecule is CC12SCN(C(=O)[C@@H](O)[C@@H](N)Cc3ccccc3)[C@@H]1C(=O)N2CC1CCCO1. The Morgan fingerprint density at radius 3 is 2.86 bits per heavy atom. The Morgan fingerprint density at radius 2 is 2.18 bits per heavy atom. The van der Waals surface area contributed by atoms with Gasteiger partial charge in [-0.25, -0.2) is 0 Å². The second kappa shape index (κ2) is 7.67. The Morgan fingerprint density at radius 1 is 1.43 bits per heavy atom. The van der Waals surface area contributed by atoms with Crippen molar-refractivity contribution in [2.45, 2.75) is 55.3 Å². The molecule has 3 aliphatic rings. The number of thioether (sulfide) groups is 1. The number of amides is 2. The molecule has 7 nitrogen and oxygen atoms in total. The van der Waals surface area contributed by atoms with E-state index in [4.69, 9.17) is 10.5 Å². The Kier molecular flexibility index (Phi) is 5.39. The first-order valence-corrected chi connectivity index (χ1v) is 10.8. The zero-order valence-electron chi connectivity index (χ0n) is 16.0. The average Bonchev–Trinajstić information content (AvgIpc) is 3.32. The normalized spacial score (nSPS) is 31.5. The summed E-state index contributed by atoms with van der Waals surface area (Å²) in [6, 6.07) is 8.28. The van der Waals surface area contributed by atoms with E-state index in [-0.39, 0.29) is 12.0 Å². The van der Waals surface area contributed by atoms with Crippen molar-refractivity contribution >= 4 is 23.6 Å². The second-order valence-electron chi connectivity index (χ2n) is 7.92. The largest absolute Gasteiger partial charge is 0.382 e. The van der Waals surface area contributed by atoms with Gasteiger partial charge in [0.15, 0.2) is 0 Å². The molecule has 1 aromatic carbocycles. The molecule has 152 valence electrons. The zero-order chi connectivity index (χ0) is 19.9. The number of ether oxygens (including phenoxy) is 1. The lowest BCUT2D eigenvalue weighted by molar-refractivity contribution is -0.169. The van der Waals surface area contributed by atoms with Gasteiger partial charge in [-0.1, -0.05) is 30.3 Å². The Hall–Kier alpha value is -1.61. The molecule has 0 spiro atoms. The van der Waals surface area contributed by atoms with Crippen LogP contribution in [0.1, 0.15) is 25.3 Å². The van der Waals surface area contributed by atoms with E-state index in [2.05, 4.69) is 0 Å². The maximum atomic E-state index is 12.9. The van der Waals surface area contributed by atoms with Gasteiger partial charge in [-0.05, 0) is 31.7 Å². The number of nitrogens with zero attached hydrogens (tertiary/aromatic N) is 2. The summed E-state index contributed by atoms with van der Waals surface area (Å²) in [7, 11) is 0. The quantitative estimate of drug-likeness (QED) is 0.672. The average molecular weight is 406 g/mol. The van der Waals surface area contributed by atoms with Crippen molar-refractivity contribution < 1.29 is 19.4 Å². The lowest BCUT2D eigenvalue weighted by atomic mass is 9.92. The molecule has 0 radical (unpaired) electrons. The lowest BCUT2D eigenvalue weighted by Gasteiger charge is -2.53. The van der Waals surface area contributed by atoms with Gasteiger partial charge in [-0.3, -0.25) is 9.59 Å². The minimum atomic E-state index is -1.33. The highest BCUT2D eigenvalue weighted by atomic mass is 32.2. The number of carbonyl (C=O) groups is 2. The molecule has 28 heavy (non-hydrogen) atoms. The number of fused-ring (bicyclic) bond motifs is 1. The summed E-state index contributed by atoms with van der Waals surface area (Å²) in [6.45, 7) is 3.30. The molecular weight excluding hydrogens is 378 g/mol. The molecule has 1 aromatic rings. The Balaban J connectivity index is 1.39. The van der Waals surface area contributed by atoms with Crippen LogP contribution in [0.3, 0.4) is 0 Å². The number of hydrogen-bond donors (Lipinski definition) is 2. The van der Waals surface area contributed by atoms with Crippen LogP contribution in [0.15, 0.2) is 30.3 Å².